The van der Waals surface area contributed by atoms with Crippen molar-refractivity contribution in [2.24, 2.45) is 0 Å². The van der Waals surface area contributed by atoms with Crippen LogP contribution in [-0.2, 0) is 22.7 Å². The molecule has 0 unspecified atom stereocenters. The summed E-state index contributed by atoms with van der Waals surface area (Å²) in [7, 11) is 0. The third-order valence-corrected chi connectivity index (χ3v) is 4.52. The molecule has 6 heteroatoms. The molecule has 0 saturated carbocycles. The Morgan fingerprint density at radius 2 is 2.00 bits per heavy atom. The van der Waals surface area contributed by atoms with Crippen molar-refractivity contribution in [3.8, 4) is 0 Å². The maximum Gasteiger partial charge on any atom is 0.224 e. The number of hydrogen-bond acceptors (Lipinski definition) is 5. The highest BCUT2D eigenvalue weighted by Gasteiger charge is 2.33. The Labute approximate surface area is 140 Å². The van der Waals surface area contributed by atoms with Crippen molar-refractivity contribution in [2.75, 3.05) is 18.1 Å². The van der Waals surface area contributed by atoms with E-state index in [1.165, 1.54) is 5.56 Å². The standard InChI is InChI=1S/C17H18ClN3O2/c1-11-7-21(15(10-23-11)12-5-3-2-4-6-12)16-13-8-22-9-14(13)19-17(18)20-16/h2-6,11,15H,7-10H2,1H3/t11-,15+/m1/s1. The predicted molar refractivity (Wildman–Crippen MR) is 87.5 cm³/mol. The molecule has 0 aliphatic carbocycles. The summed E-state index contributed by atoms with van der Waals surface area (Å²) in [5.74, 6) is 0.876. The number of hydrogen-bond donors (Lipinski definition) is 0. The summed E-state index contributed by atoms with van der Waals surface area (Å²) in [6.45, 7) is 4.51. The molecule has 2 aromatic rings. The van der Waals surface area contributed by atoms with Gasteiger partial charge in [0.15, 0.2) is 0 Å². The van der Waals surface area contributed by atoms with Crippen LogP contribution in [-0.4, -0.2) is 29.2 Å². The van der Waals surface area contributed by atoms with Gasteiger partial charge >= 0.3 is 0 Å². The van der Waals surface area contributed by atoms with Crippen LogP contribution in [0.3, 0.4) is 0 Å². The van der Waals surface area contributed by atoms with Crippen LogP contribution >= 0.6 is 11.6 Å². The summed E-state index contributed by atoms with van der Waals surface area (Å²) >= 11 is 6.14. The second-order valence-corrected chi connectivity index (χ2v) is 6.30. The topological polar surface area (TPSA) is 47.5 Å². The molecule has 0 radical (unpaired) electrons. The highest BCUT2D eigenvalue weighted by Crippen LogP contribution is 2.36. The van der Waals surface area contributed by atoms with Gasteiger partial charge in [-0.15, -0.1) is 0 Å². The zero-order chi connectivity index (χ0) is 15.8. The van der Waals surface area contributed by atoms with Crippen LogP contribution in [0.1, 0.15) is 29.8 Å². The molecular weight excluding hydrogens is 314 g/mol. The summed E-state index contributed by atoms with van der Waals surface area (Å²) < 4.78 is 11.4. The van der Waals surface area contributed by atoms with Crippen LogP contribution < -0.4 is 4.90 Å². The van der Waals surface area contributed by atoms with E-state index < -0.39 is 0 Å². The first-order chi connectivity index (χ1) is 11.2. The Hall–Kier alpha value is -1.69. The fraction of sp³-hybridized carbons (Fsp3) is 0.412. The van der Waals surface area contributed by atoms with Crippen LogP contribution in [0.5, 0.6) is 0 Å². The number of morpholine rings is 1. The monoisotopic (exact) mass is 331 g/mol. The van der Waals surface area contributed by atoms with E-state index in [2.05, 4.69) is 33.9 Å². The summed E-state index contributed by atoms with van der Waals surface area (Å²) in [6, 6.07) is 10.5. The number of aromatic nitrogens is 2. The molecule has 5 nitrogen and oxygen atoms in total. The van der Waals surface area contributed by atoms with E-state index in [-0.39, 0.29) is 17.4 Å². The maximum absolute atomic E-state index is 6.14. The van der Waals surface area contributed by atoms with E-state index in [0.29, 0.717) is 19.8 Å². The van der Waals surface area contributed by atoms with E-state index in [9.17, 15) is 0 Å². The molecule has 0 amide bonds. The molecule has 1 aromatic carbocycles. The van der Waals surface area contributed by atoms with Crippen LogP contribution in [0.4, 0.5) is 5.82 Å². The SMILES string of the molecule is C[C@@H]1CN(c2nc(Cl)nc3c2COC3)[C@H](c2ccccc2)CO1. The summed E-state index contributed by atoms with van der Waals surface area (Å²) in [4.78, 5) is 11.1. The third-order valence-electron chi connectivity index (χ3n) is 4.35. The van der Waals surface area contributed by atoms with Crippen LogP contribution in [0.2, 0.25) is 5.28 Å². The van der Waals surface area contributed by atoms with Crippen molar-refractivity contribution in [1.82, 2.24) is 9.97 Å². The summed E-state index contributed by atoms with van der Waals surface area (Å²) in [6.07, 6.45) is 0.140. The van der Waals surface area contributed by atoms with Gasteiger partial charge in [0.25, 0.3) is 0 Å². The summed E-state index contributed by atoms with van der Waals surface area (Å²) in [5.41, 5.74) is 3.15. The van der Waals surface area contributed by atoms with Gasteiger partial charge in [-0.25, -0.2) is 9.97 Å². The minimum absolute atomic E-state index is 0.114. The molecular formula is C17H18ClN3O2. The predicted octanol–water partition coefficient (Wildman–Crippen LogP) is 3.13. The minimum Gasteiger partial charge on any atom is -0.374 e. The van der Waals surface area contributed by atoms with Crippen molar-refractivity contribution in [3.05, 3.63) is 52.4 Å². The van der Waals surface area contributed by atoms with E-state index in [0.717, 1.165) is 23.6 Å². The zero-order valence-corrected chi connectivity index (χ0v) is 13.7. The molecule has 1 aromatic heterocycles. The zero-order valence-electron chi connectivity index (χ0n) is 12.9. The van der Waals surface area contributed by atoms with E-state index >= 15 is 0 Å². The Balaban J connectivity index is 1.78. The van der Waals surface area contributed by atoms with Crippen LogP contribution in [0, 0.1) is 0 Å². The minimum atomic E-state index is 0.114. The fourth-order valence-corrected chi connectivity index (χ4v) is 3.41. The van der Waals surface area contributed by atoms with Gasteiger partial charge in [-0.05, 0) is 24.1 Å². The number of nitrogens with zero attached hydrogens (tertiary/aromatic N) is 3. The Bertz CT molecular complexity index is 710. The van der Waals surface area contributed by atoms with Crippen molar-refractivity contribution in [2.45, 2.75) is 32.3 Å². The number of halogens is 1. The largest absolute Gasteiger partial charge is 0.374 e. The van der Waals surface area contributed by atoms with E-state index in [4.69, 9.17) is 21.1 Å². The lowest BCUT2D eigenvalue weighted by Gasteiger charge is -2.40. The molecule has 1 saturated heterocycles. The molecule has 0 spiro atoms. The normalized spacial score (nSPS) is 23.8. The van der Waals surface area contributed by atoms with Gasteiger partial charge in [0, 0.05) is 12.1 Å². The average Bonchev–Trinajstić information content (AvgIpc) is 3.03. The second-order valence-electron chi connectivity index (χ2n) is 5.96. The van der Waals surface area contributed by atoms with Gasteiger partial charge in [0.05, 0.1) is 37.7 Å². The Morgan fingerprint density at radius 3 is 2.83 bits per heavy atom. The van der Waals surface area contributed by atoms with Crippen LogP contribution in [0.15, 0.2) is 30.3 Å². The lowest BCUT2D eigenvalue weighted by atomic mass is 10.0. The quantitative estimate of drug-likeness (QED) is 0.791. The van der Waals surface area contributed by atoms with Crippen molar-refractivity contribution < 1.29 is 9.47 Å². The van der Waals surface area contributed by atoms with Gasteiger partial charge in [0.2, 0.25) is 5.28 Å². The number of anilines is 1. The Kier molecular flexibility index (Phi) is 3.93. The Morgan fingerprint density at radius 1 is 1.17 bits per heavy atom. The highest BCUT2D eigenvalue weighted by atomic mass is 35.5. The van der Waals surface area contributed by atoms with Gasteiger partial charge in [-0.3, -0.25) is 0 Å². The van der Waals surface area contributed by atoms with Crippen LogP contribution in [0.25, 0.3) is 0 Å². The molecule has 4 rings (SSSR count). The molecule has 120 valence electrons. The van der Waals surface area contributed by atoms with Gasteiger partial charge < -0.3 is 14.4 Å². The molecule has 2 atom stereocenters. The van der Waals surface area contributed by atoms with Gasteiger partial charge in [-0.1, -0.05) is 30.3 Å². The van der Waals surface area contributed by atoms with Gasteiger partial charge in [-0.2, -0.15) is 0 Å². The lowest BCUT2D eigenvalue weighted by Crippen LogP contribution is -2.44. The number of benzene rings is 1. The van der Waals surface area contributed by atoms with E-state index in [1.54, 1.807) is 0 Å². The number of fused-ring (bicyclic) bond motifs is 1. The van der Waals surface area contributed by atoms with E-state index in [1.807, 2.05) is 18.2 Å². The second kappa shape index (κ2) is 6.07. The average molecular weight is 332 g/mol. The molecule has 23 heavy (non-hydrogen) atoms. The first kappa shape index (κ1) is 14.9. The third kappa shape index (κ3) is 2.80. The van der Waals surface area contributed by atoms with Gasteiger partial charge in [0.1, 0.15) is 5.82 Å². The molecule has 0 N–H and O–H groups in total. The first-order valence-electron chi connectivity index (χ1n) is 7.78. The molecule has 1 fully saturated rings. The smallest absolute Gasteiger partial charge is 0.224 e. The first-order valence-corrected chi connectivity index (χ1v) is 8.16. The lowest BCUT2D eigenvalue weighted by molar-refractivity contribution is 0.0298. The molecule has 2 aliphatic heterocycles. The van der Waals surface area contributed by atoms with Crippen molar-refractivity contribution in [1.29, 1.82) is 0 Å². The molecule has 2 aliphatic rings. The maximum atomic E-state index is 6.14. The van der Waals surface area contributed by atoms with Crippen molar-refractivity contribution in [3.63, 3.8) is 0 Å². The highest BCUT2D eigenvalue weighted by molar-refractivity contribution is 6.28. The fourth-order valence-electron chi connectivity index (χ4n) is 3.23. The number of rotatable bonds is 2. The number of ether oxygens (including phenoxy) is 2. The van der Waals surface area contributed by atoms with Crippen molar-refractivity contribution >= 4 is 17.4 Å². The molecule has 3 heterocycles. The summed E-state index contributed by atoms with van der Waals surface area (Å²) in [5, 5.41) is 0.273. The molecule has 0 bridgehead atoms.